The monoisotopic (exact) mass is 372 g/mol. The molecule has 0 fully saturated rings. The Morgan fingerprint density at radius 3 is 2.46 bits per heavy atom. The molecule has 0 spiro atoms. The summed E-state index contributed by atoms with van der Waals surface area (Å²) in [6.07, 6.45) is 0.886. The molecular formula is C21H25ClN2O2. The first-order valence-electron chi connectivity index (χ1n) is 8.72. The maximum atomic E-state index is 13.0. The van der Waals surface area contributed by atoms with Gasteiger partial charge in [0.1, 0.15) is 11.3 Å². The van der Waals surface area contributed by atoms with Gasteiger partial charge >= 0.3 is 0 Å². The second kappa shape index (κ2) is 8.88. The van der Waals surface area contributed by atoms with E-state index < -0.39 is 0 Å². The van der Waals surface area contributed by atoms with E-state index in [0.717, 1.165) is 28.7 Å². The number of furan rings is 1. The van der Waals surface area contributed by atoms with Crippen LogP contribution in [0.4, 0.5) is 0 Å². The predicted molar refractivity (Wildman–Crippen MR) is 108 cm³/mol. The van der Waals surface area contributed by atoms with E-state index in [0.29, 0.717) is 18.7 Å². The van der Waals surface area contributed by atoms with Crippen LogP contribution in [0.5, 0.6) is 0 Å². The quantitative estimate of drug-likeness (QED) is 0.667. The molecule has 0 saturated carbocycles. The van der Waals surface area contributed by atoms with Crippen LogP contribution in [0.3, 0.4) is 0 Å². The first kappa shape index (κ1) is 20.0. The third kappa shape index (κ3) is 4.09. The molecule has 0 radical (unpaired) electrons. The van der Waals surface area contributed by atoms with Crippen LogP contribution in [0.25, 0.3) is 11.0 Å². The third-order valence-corrected chi connectivity index (χ3v) is 4.49. The topological polar surface area (TPSA) is 59.5 Å². The number of benzene rings is 2. The highest BCUT2D eigenvalue weighted by molar-refractivity contribution is 5.94. The van der Waals surface area contributed by atoms with Crippen molar-refractivity contribution in [3.8, 4) is 0 Å². The van der Waals surface area contributed by atoms with Crippen LogP contribution >= 0.6 is 12.4 Å². The van der Waals surface area contributed by atoms with Crippen molar-refractivity contribution < 1.29 is 9.21 Å². The van der Waals surface area contributed by atoms with Crippen molar-refractivity contribution >= 4 is 29.3 Å². The van der Waals surface area contributed by atoms with Crippen molar-refractivity contribution in [2.45, 2.75) is 32.9 Å². The normalized spacial score (nSPS) is 11.8. The number of carbonyl (C=O) groups is 1. The number of nitrogens with two attached hydrogens (primary N) is 1. The fourth-order valence-corrected chi connectivity index (χ4v) is 3.02. The van der Waals surface area contributed by atoms with Gasteiger partial charge in [-0.05, 0) is 43.2 Å². The van der Waals surface area contributed by atoms with Gasteiger partial charge in [0.05, 0.1) is 6.04 Å². The van der Waals surface area contributed by atoms with Crippen LogP contribution < -0.4 is 5.73 Å². The summed E-state index contributed by atoms with van der Waals surface area (Å²) in [6, 6.07) is 17.3. The van der Waals surface area contributed by atoms with Crippen LogP contribution in [0.2, 0.25) is 0 Å². The minimum absolute atomic E-state index is 0. The molecule has 2 N–H and O–H groups in total. The Bertz CT molecular complexity index is 825. The molecule has 1 aromatic heterocycles. The van der Waals surface area contributed by atoms with Gasteiger partial charge in [0, 0.05) is 24.0 Å². The van der Waals surface area contributed by atoms with E-state index in [9.17, 15) is 4.79 Å². The highest BCUT2D eigenvalue weighted by Crippen LogP contribution is 2.28. The summed E-state index contributed by atoms with van der Waals surface area (Å²) in [5.74, 6) is 0.819. The summed E-state index contributed by atoms with van der Waals surface area (Å²) in [5, 5.41) is 1.06. The Morgan fingerprint density at radius 2 is 1.85 bits per heavy atom. The second-order valence-corrected chi connectivity index (χ2v) is 6.26. The van der Waals surface area contributed by atoms with E-state index >= 15 is 0 Å². The number of para-hydroxylation sites is 1. The summed E-state index contributed by atoms with van der Waals surface area (Å²) < 4.78 is 5.97. The van der Waals surface area contributed by atoms with E-state index in [1.807, 2.05) is 66.4 Å². The van der Waals surface area contributed by atoms with Gasteiger partial charge in [-0.15, -0.1) is 12.4 Å². The molecule has 1 heterocycles. The maximum absolute atomic E-state index is 13.0. The van der Waals surface area contributed by atoms with Gasteiger partial charge in [0.2, 0.25) is 0 Å². The molecule has 0 aliphatic heterocycles. The average molecular weight is 373 g/mol. The molecule has 3 rings (SSSR count). The van der Waals surface area contributed by atoms with Crippen LogP contribution in [0, 0.1) is 0 Å². The largest absolute Gasteiger partial charge is 0.459 e. The van der Waals surface area contributed by atoms with Crippen molar-refractivity contribution in [3.05, 3.63) is 71.5 Å². The Balaban J connectivity index is 0.00000243. The molecule has 0 saturated heterocycles. The molecule has 1 unspecified atom stereocenters. The molecule has 26 heavy (non-hydrogen) atoms. The number of carbonyl (C=O) groups excluding carboxylic acids is 1. The van der Waals surface area contributed by atoms with Crippen molar-refractivity contribution in [1.82, 2.24) is 4.90 Å². The van der Waals surface area contributed by atoms with E-state index in [1.54, 1.807) is 0 Å². The molecule has 0 aliphatic rings. The smallest absolute Gasteiger partial charge is 0.254 e. The van der Waals surface area contributed by atoms with Gasteiger partial charge < -0.3 is 15.1 Å². The lowest BCUT2D eigenvalue weighted by Gasteiger charge is -2.28. The molecule has 2 aromatic carbocycles. The van der Waals surface area contributed by atoms with Crippen LogP contribution in [-0.4, -0.2) is 17.4 Å². The van der Waals surface area contributed by atoms with Crippen molar-refractivity contribution in [1.29, 1.82) is 0 Å². The fourth-order valence-electron chi connectivity index (χ4n) is 3.02. The number of rotatable bonds is 6. The lowest BCUT2D eigenvalue weighted by Crippen LogP contribution is -2.34. The van der Waals surface area contributed by atoms with Crippen molar-refractivity contribution in [2.75, 3.05) is 6.54 Å². The summed E-state index contributed by atoms with van der Waals surface area (Å²) in [7, 11) is 0. The Hall–Kier alpha value is -2.30. The number of fused-ring (bicyclic) bond motifs is 1. The lowest BCUT2D eigenvalue weighted by atomic mass is 10.1. The first-order valence-corrected chi connectivity index (χ1v) is 8.72. The Kier molecular flexibility index (Phi) is 6.83. The summed E-state index contributed by atoms with van der Waals surface area (Å²) in [5.41, 5.74) is 8.18. The van der Waals surface area contributed by atoms with E-state index in [4.69, 9.17) is 10.2 Å². The number of hydrogen-bond donors (Lipinski definition) is 1. The average Bonchev–Trinajstić information content (AvgIpc) is 3.09. The third-order valence-electron chi connectivity index (χ3n) is 4.49. The maximum Gasteiger partial charge on any atom is 0.254 e. The van der Waals surface area contributed by atoms with Gasteiger partial charge in [0.15, 0.2) is 0 Å². The van der Waals surface area contributed by atoms with Gasteiger partial charge in [-0.2, -0.15) is 0 Å². The minimum atomic E-state index is -0.131. The van der Waals surface area contributed by atoms with Crippen molar-refractivity contribution in [3.63, 3.8) is 0 Å². The van der Waals surface area contributed by atoms with E-state index in [1.165, 1.54) is 0 Å². The molecule has 0 bridgehead atoms. The summed E-state index contributed by atoms with van der Waals surface area (Å²) >= 11 is 0. The van der Waals surface area contributed by atoms with Gasteiger partial charge in [-0.1, -0.05) is 37.3 Å². The zero-order valence-electron chi connectivity index (χ0n) is 15.1. The molecule has 1 atom stereocenters. The lowest BCUT2D eigenvalue weighted by molar-refractivity contribution is 0.0672. The number of nitrogens with zero attached hydrogens (tertiary/aromatic N) is 1. The Labute approximate surface area is 160 Å². The van der Waals surface area contributed by atoms with Crippen molar-refractivity contribution in [2.24, 2.45) is 5.73 Å². The van der Waals surface area contributed by atoms with Gasteiger partial charge in [-0.3, -0.25) is 4.79 Å². The number of amides is 1. The number of halogens is 1. The zero-order valence-corrected chi connectivity index (χ0v) is 16.0. The minimum Gasteiger partial charge on any atom is -0.459 e. The molecule has 0 aliphatic carbocycles. The van der Waals surface area contributed by atoms with Gasteiger partial charge in [-0.25, -0.2) is 0 Å². The standard InChI is InChI=1S/C21H24N2O2.ClH/c1-3-12-23(21(24)17-10-8-16(14-22)9-11-17)15(2)20-13-18-6-4-5-7-19(18)25-20;/h4-11,13,15H,3,12,14,22H2,1-2H3;1H. The van der Waals surface area contributed by atoms with Crippen LogP contribution in [-0.2, 0) is 6.54 Å². The highest BCUT2D eigenvalue weighted by Gasteiger charge is 2.24. The zero-order chi connectivity index (χ0) is 17.8. The molecular weight excluding hydrogens is 348 g/mol. The molecule has 4 nitrogen and oxygen atoms in total. The second-order valence-electron chi connectivity index (χ2n) is 6.26. The predicted octanol–water partition coefficient (Wildman–Crippen LogP) is 4.93. The fraction of sp³-hybridized carbons (Fsp3) is 0.286. The van der Waals surface area contributed by atoms with Crippen LogP contribution in [0.1, 0.15) is 48.0 Å². The molecule has 3 aromatic rings. The Morgan fingerprint density at radius 1 is 1.15 bits per heavy atom. The van der Waals surface area contributed by atoms with Gasteiger partial charge in [0.25, 0.3) is 5.91 Å². The van der Waals surface area contributed by atoms with Crippen LogP contribution in [0.15, 0.2) is 59.0 Å². The number of hydrogen-bond acceptors (Lipinski definition) is 3. The molecule has 5 heteroatoms. The summed E-state index contributed by atoms with van der Waals surface area (Å²) in [4.78, 5) is 14.9. The first-order chi connectivity index (χ1) is 12.1. The molecule has 1 amide bonds. The SMILES string of the molecule is CCCN(C(=O)c1ccc(CN)cc1)C(C)c1cc2ccccc2o1.Cl. The van der Waals surface area contributed by atoms with E-state index in [-0.39, 0.29) is 24.4 Å². The van der Waals surface area contributed by atoms with E-state index in [2.05, 4.69) is 6.92 Å². The summed E-state index contributed by atoms with van der Waals surface area (Å²) in [6.45, 7) is 5.24. The molecule has 138 valence electrons. The highest BCUT2D eigenvalue weighted by atomic mass is 35.5.